The van der Waals surface area contributed by atoms with E-state index in [1.54, 1.807) is 0 Å². The molecule has 0 heterocycles. The molecule has 14 heavy (non-hydrogen) atoms. The second kappa shape index (κ2) is 8.00. The van der Waals surface area contributed by atoms with Crippen molar-refractivity contribution in [2.45, 2.75) is 38.6 Å². The first-order valence-corrected chi connectivity index (χ1v) is 8.04. The van der Waals surface area contributed by atoms with E-state index in [9.17, 15) is 0 Å². The molecule has 0 atom stereocenters. The summed E-state index contributed by atoms with van der Waals surface area (Å²) in [7, 11) is 0. The molecular formula is C11H22BrNS. The summed E-state index contributed by atoms with van der Waals surface area (Å²) in [6.45, 7) is 4.76. The highest BCUT2D eigenvalue weighted by Gasteiger charge is 2.21. The molecule has 0 unspecified atom stereocenters. The first-order chi connectivity index (χ1) is 6.88. The van der Waals surface area contributed by atoms with Crippen LogP contribution in [0.2, 0.25) is 0 Å². The zero-order chi connectivity index (χ0) is 10.2. The average molecular weight is 280 g/mol. The number of thioether (sulfide) groups is 1. The van der Waals surface area contributed by atoms with Gasteiger partial charge in [-0.2, -0.15) is 11.8 Å². The monoisotopic (exact) mass is 279 g/mol. The maximum absolute atomic E-state index is 3.56. The summed E-state index contributed by atoms with van der Waals surface area (Å²) in [5.41, 5.74) is 0. The standard InChI is InChI=1S/C11H22BrNS/c1-2-14-10-9-13(8-7-12)11-5-3-4-6-11/h11H,2-10H2,1H3. The zero-order valence-corrected chi connectivity index (χ0v) is 11.6. The van der Waals surface area contributed by atoms with Crippen LogP contribution in [0.25, 0.3) is 0 Å². The maximum atomic E-state index is 3.56. The van der Waals surface area contributed by atoms with Crippen LogP contribution in [0, 0.1) is 0 Å². The van der Waals surface area contributed by atoms with Crippen LogP contribution in [0.5, 0.6) is 0 Å². The number of halogens is 1. The molecule has 0 radical (unpaired) electrons. The van der Waals surface area contributed by atoms with Crippen molar-refractivity contribution in [2.75, 3.05) is 29.9 Å². The van der Waals surface area contributed by atoms with Gasteiger partial charge in [0.15, 0.2) is 0 Å². The smallest absolute Gasteiger partial charge is 0.0159 e. The van der Waals surface area contributed by atoms with Crippen molar-refractivity contribution in [1.29, 1.82) is 0 Å². The third-order valence-electron chi connectivity index (χ3n) is 2.94. The third kappa shape index (κ3) is 4.54. The molecule has 1 aliphatic carbocycles. The molecule has 1 aliphatic rings. The minimum Gasteiger partial charge on any atom is -0.299 e. The minimum atomic E-state index is 0.894. The second-order valence-corrected chi connectivity index (χ2v) is 6.05. The highest BCUT2D eigenvalue weighted by atomic mass is 79.9. The second-order valence-electron chi connectivity index (χ2n) is 3.86. The van der Waals surface area contributed by atoms with E-state index in [1.807, 2.05) is 0 Å². The largest absolute Gasteiger partial charge is 0.299 e. The number of alkyl halides is 1. The van der Waals surface area contributed by atoms with Crippen LogP contribution < -0.4 is 0 Å². The number of rotatable bonds is 7. The summed E-state index contributed by atoms with van der Waals surface area (Å²) in [6, 6.07) is 0.894. The van der Waals surface area contributed by atoms with Gasteiger partial charge in [-0.1, -0.05) is 35.7 Å². The van der Waals surface area contributed by atoms with Crippen LogP contribution in [-0.2, 0) is 0 Å². The molecular weight excluding hydrogens is 258 g/mol. The van der Waals surface area contributed by atoms with Crippen molar-refractivity contribution in [2.24, 2.45) is 0 Å². The van der Waals surface area contributed by atoms with E-state index in [-0.39, 0.29) is 0 Å². The van der Waals surface area contributed by atoms with Crippen molar-refractivity contribution in [3.63, 3.8) is 0 Å². The van der Waals surface area contributed by atoms with Gasteiger partial charge < -0.3 is 0 Å². The molecule has 84 valence electrons. The van der Waals surface area contributed by atoms with E-state index in [1.165, 1.54) is 50.3 Å². The molecule has 0 spiro atoms. The molecule has 1 fully saturated rings. The molecule has 0 aliphatic heterocycles. The summed E-state index contributed by atoms with van der Waals surface area (Å²) < 4.78 is 0. The molecule has 0 bridgehead atoms. The molecule has 1 nitrogen and oxygen atoms in total. The third-order valence-corrected chi connectivity index (χ3v) is 4.17. The maximum Gasteiger partial charge on any atom is 0.0159 e. The van der Waals surface area contributed by atoms with Crippen LogP contribution in [0.4, 0.5) is 0 Å². The van der Waals surface area contributed by atoms with Crippen LogP contribution in [0.3, 0.4) is 0 Å². The van der Waals surface area contributed by atoms with Gasteiger partial charge >= 0.3 is 0 Å². The Labute approximate surface area is 101 Å². The molecule has 3 heteroatoms. The van der Waals surface area contributed by atoms with Crippen molar-refractivity contribution in [1.82, 2.24) is 4.90 Å². The normalized spacial score (nSPS) is 18.2. The van der Waals surface area contributed by atoms with Gasteiger partial charge in [-0.3, -0.25) is 4.90 Å². The zero-order valence-electron chi connectivity index (χ0n) is 9.17. The molecule has 0 amide bonds. The Balaban J connectivity index is 2.22. The number of nitrogens with zero attached hydrogens (tertiary/aromatic N) is 1. The van der Waals surface area contributed by atoms with Gasteiger partial charge in [-0.15, -0.1) is 0 Å². The highest BCUT2D eigenvalue weighted by molar-refractivity contribution is 9.09. The average Bonchev–Trinajstić information content (AvgIpc) is 2.70. The predicted octanol–water partition coefficient (Wildman–Crippen LogP) is 3.38. The lowest BCUT2D eigenvalue weighted by Crippen LogP contribution is -2.36. The van der Waals surface area contributed by atoms with Crippen molar-refractivity contribution >= 4 is 27.7 Å². The summed E-state index contributed by atoms with van der Waals surface area (Å²) in [5.74, 6) is 2.56. The van der Waals surface area contributed by atoms with E-state index in [4.69, 9.17) is 0 Å². The van der Waals surface area contributed by atoms with Gasteiger partial charge in [0.25, 0.3) is 0 Å². The first kappa shape index (κ1) is 12.9. The predicted molar refractivity (Wildman–Crippen MR) is 70.6 cm³/mol. The molecule has 0 aromatic rings. The van der Waals surface area contributed by atoms with Gasteiger partial charge in [0, 0.05) is 30.2 Å². The van der Waals surface area contributed by atoms with Gasteiger partial charge in [0.1, 0.15) is 0 Å². The van der Waals surface area contributed by atoms with E-state index in [0.717, 1.165) is 11.4 Å². The number of hydrogen-bond acceptors (Lipinski definition) is 2. The highest BCUT2D eigenvalue weighted by Crippen LogP contribution is 2.23. The van der Waals surface area contributed by atoms with E-state index >= 15 is 0 Å². The fourth-order valence-corrected chi connectivity index (χ4v) is 3.29. The van der Waals surface area contributed by atoms with Crippen LogP contribution >= 0.6 is 27.7 Å². The van der Waals surface area contributed by atoms with Crippen molar-refractivity contribution in [3.05, 3.63) is 0 Å². The van der Waals surface area contributed by atoms with Gasteiger partial charge in [0.2, 0.25) is 0 Å². The van der Waals surface area contributed by atoms with Crippen LogP contribution in [0.1, 0.15) is 32.6 Å². The Morgan fingerprint density at radius 2 is 2.00 bits per heavy atom. The first-order valence-electron chi connectivity index (χ1n) is 5.76. The quantitative estimate of drug-likeness (QED) is 0.519. The summed E-state index contributed by atoms with van der Waals surface area (Å²) in [6.07, 6.45) is 5.77. The minimum absolute atomic E-state index is 0.894. The lowest BCUT2D eigenvalue weighted by molar-refractivity contribution is 0.225. The van der Waals surface area contributed by atoms with Gasteiger partial charge in [-0.05, 0) is 18.6 Å². The Kier molecular flexibility index (Phi) is 7.35. The summed E-state index contributed by atoms with van der Waals surface area (Å²) in [4.78, 5) is 2.68. The molecule has 0 aromatic heterocycles. The summed E-state index contributed by atoms with van der Waals surface area (Å²) >= 11 is 5.62. The van der Waals surface area contributed by atoms with Crippen LogP contribution in [0.15, 0.2) is 0 Å². The van der Waals surface area contributed by atoms with Gasteiger partial charge in [0.05, 0.1) is 0 Å². The Morgan fingerprint density at radius 1 is 1.29 bits per heavy atom. The van der Waals surface area contributed by atoms with Gasteiger partial charge in [-0.25, -0.2) is 0 Å². The van der Waals surface area contributed by atoms with Crippen molar-refractivity contribution < 1.29 is 0 Å². The lowest BCUT2D eigenvalue weighted by atomic mass is 10.2. The topological polar surface area (TPSA) is 3.24 Å². The molecule has 0 aromatic carbocycles. The molecule has 0 saturated heterocycles. The Bertz CT molecular complexity index is 137. The lowest BCUT2D eigenvalue weighted by Gasteiger charge is -2.27. The fraction of sp³-hybridized carbons (Fsp3) is 1.00. The SMILES string of the molecule is CCSCCN(CCBr)C1CCCC1. The van der Waals surface area contributed by atoms with E-state index in [2.05, 4.69) is 39.5 Å². The van der Waals surface area contributed by atoms with E-state index < -0.39 is 0 Å². The summed E-state index contributed by atoms with van der Waals surface area (Å²) in [5, 5.41) is 1.13. The Morgan fingerprint density at radius 3 is 2.57 bits per heavy atom. The molecule has 1 rings (SSSR count). The van der Waals surface area contributed by atoms with Crippen molar-refractivity contribution in [3.8, 4) is 0 Å². The van der Waals surface area contributed by atoms with E-state index in [0.29, 0.717) is 0 Å². The van der Waals surface area contributed by atoms with Crippen LogP contribution in [-0.4, -0.2) is 40.9 Å². The number of hydrogen-bond donors (Lipinski definition) is 0. The Hall–Kier alpha value is 0.790. The molecule has 0 N–H and O–H groups in total. The molecule has 1 saturated carbocycles. The fourth-order valence-electron chi connectivity index (χ4n) is 2.18.